The largest absolute Gasteiger partial charge is 0.480 e. The molecule has 0 aromatic carbocycles. The van der Waals surface area contributed by atoms with Crippen molar-refractivity contribution in [3.63, 3.8) is 0 Å². The van der Waals surface area contributed by atoms with Gasteiger partial charge in [0.1, 0.15) is 25.4 Å². The van der Waals surface area contributed by atoms with Gasteiger partial charge in [-0.25, -0.2) is 9.13 Å². The first-order chi connectivity index (χ1) is 46.8. The van der Waals surface area contributed by atoms with E-state index in [-0.39, 0.29) is 38.9 Å². The number of unbranched alkanes of at least 4 members (excludes halogenated alkanes) is 46. The number of aliphatic hydroxyl groups excluding tert-OH is 2. The van der Waals surface area contributed by atoms with Gasteiger partial charge in [-0.2, -0.15) is 0 Å². The Morgan fingerprint density at radius 1 is 0.320 bits per heavy atom. The second-order valence-corrected chi connectivity index (χ2v) is 29.7. The smallest absolute Gasteiger partial charge is 0.472 e. The van der Waals surface area contributed by atoms with Gasteiger partial charge in [-0.15, -0.1) is 0 Å². The Labute approximate surface area is 589 Å². The summed E-state index contributed by atoms with van der Waals surface area (Å²) in [7, 11) is -9.30. The van der Waals surface area contributed by atoms with Crippen molar-refractivity contribution >= 4 is 45.5 Å². The van der Waals surface area contributed by atoms with E-state index in [9.17, 15) is 48.0 Å². The maximum Gasteiger partial charge on any atom is 0.472 e. The van der Waals surface area contributed by atoms with Crippen LogP contribution < -0.4 is 5.73 Å². The Bertz CT molecular complexity index is 1900. The zero-order valence-electron chi connectivity index (χ0n) is 61.8. The van der Waals surface area contributed by atoms with Crippen LogP contribution in [0.5, 0.6) is 0 Å². The number of aliphatic hydroxyl groups is 2. The van der Waals surface area contributed by atoms with Crippen LogP contribution in [0.3, 0.4) is 0 Å². The molecule has 0 aromatic rings. The van der Waals surface area contributed by atoms with Gasteiger partial charge < -0.3 is 49.8 Å². The molecule has 7 N–H and O–H groups in total. The van der Waals surface area contributed by atoms with Crippen molar-refractivity contribution in [2.75, 3.05) is 46.2 Å². The average molecular weight is 1430 g/mol. The lowest BCUT2D eigenvalue weighted by atomic mass is 10.0. The van der Waals surface area contributed by atoms with Crippen LogP contribution in [0.2, 0.25) is 0 Å². The van der Waals surface area contributed by atoms with Gasteiger partial charge in [-0.05, 0) is 25.7 Å². The van der Waals surface area contributed by atoms with E-state index < -0.39 is 103 Å². The molecule has 23 heteroatoms. The third-order valence-corrected chi connectivity index (χ3v) is 19.0. The Hall–Kier alpha value is -2.55. The average Bonchev–Trinajstić information content (AvgIpc) is 1.27. The van der Waals surface area contributed by atoms with Gasteiger partial charge in [0.2, 0.25) is 0 Å². The highest BCUT2D eigenvalue weighted by Crippen LogP contribution is 2.44. The van der Waals surface area contributed by atoms with E-state index in [1.807, 2.05) is 0 Å². The molecule has 0 saturated carbocycles. The molecule has 0 saturated heterocycles. The number of ether oxygens (including phenoxy) is 4. The van der Waals surface area contributed by atoms with Gasteiger partial charge >= 0.3 is 45.5 Å². The molecular weight excluding hydrogens is 1280 g/mol. The molecule has 0 spiro atoms. The quantitative estimate of drug-likeness (QED) is 0.0143. The van der Waals surface area contributed by atoms with Gasteiger partial charge in [0.15, 0.2) is 12.2 Å². The number of carboxylic acid groups (broad SMARTS) is 1. The van der Waals surface area contributed by atoms with E-state index in [1.54, 1.807) is 0 Å². The summed E-state index contributed by atoms with van der Waals surface area (Å²) < 4.78 is 65.1. The minimum atomic E-state index is -4.70. The fourth-order valence-corrected chi connectivity index (χ4v) is 12.5. The van der Waals surface area contributed by atoms with Crippen molar-refractivity contribution in [3.05, 3.63) is 0 Å². The van der Waals surface area contributed by atoms with Crippen LogP contribution in [0.4, 0.5) is 0 Å². The van der Waals surface area contributed by atoms with E-state index in [0.29, 0.717) is 25.7 Å². The monoisotopic (exact) mass is 1430 g/mol. The third-order valence-electron chi connectivity index (χ3n) is 17.1. The Morgan fingerprint density at radius 2 is 0.526 bits per heavy atom. The SMILES string of the molecule is CCCCCCCCCCCCCCC(=O)OCC(COP(=O)(O)OC[C@H](N)C(=O)O)OC(=O)CCCCCCCCCCCCCC.CCCCCCCCCCCCCCCC(=O)OCC(COP(=O)(O)OC[C@@H](O)CO)OC(=O)CCCCCCCCCCCCCCC. The molecule has 0 bridgehead atoms. The number of nitrogens with two attached hydrogens (primary N) is 1. The second-order valence-electron chi connectivity index (χ2n) is 26.8. The number of phosphoric ester groups is 2. The van der Waals surface area contributed by atoms with Gasteiger partial charge in [0, 0.05) is 25.7 Å². The summed E-state index contributed by atoms with van der Waals surface area (Å²) in [5.41, 5.74) is 5.31. The summed E-state index contributed by atoms with van der Waals surface area (Å²) in [6.07, 6.45) is 56.6. The number of aliphatic carboxylic acids is 1. The van der Waals surface area contributed by atoms with Crippen molar-refractivity contribution in [2.24, 2.45) is 5.73 Å². The van der Waals surface area contributed by atoms with Crippen LogP contribution in [-0.4, -0.2) is 126 Å². The Balaban J connectivity index is 0. The standard InChI is InChI=1S/C38H75O10P.C36H70NO10P/c1-3-5-7-9-11-13-15-17-19-21-23-25-27-29-37(41)45-33-36(34-47-49(43,44)46-32-35(40)31-39)48-38(42)30-28-26-24-22-20-18-16-14-12-10-8-6-4-2;1-3-5-7-9-11-13-15-17-19-21-23-25-27-34(38)44-29-32(30-45-48(42,43)46-31-33(37)36(40)41)47-35(39)28-26-24-22-20-18-16-14-12-10-8-6-4-2/h35-36,39-40H,3-34H2,1-2H3,(H,43,44);32-33H,3-31,37H2,1-2H3,(H,40,41)(H,42,43)/t35-,36?;32?,33-/m00/s1. The fraction of sp³-hybridized carbons (Fsp3) is 0.932. The lowest BCUT2D eigenvalue weighted by Gasteiger charge is -2.20. The summed E-state index contributed by atoms with van der Waals surface area (Å²) >= 11 is 0. The molecular formula is C74H145NO20P2. The lowest BCUT2D eigenvalue weighted by molar-refractivity contribution is -0.161. The van der Waals surface area contributed by atoms with Gasteiger partial charge in [0.25, 0.3) is 0 Å². The highest BCUT2D eigenvalue weighted by atomic mass is 31.2. The van der Waals surface area contributed by atoms with Crippen LogP contribution in [0.15, 0.2) is 0 Å². The molecule has 0 heterocycles. The predicted molar refractivity (Wildman–Crippen MR) is 386 cm³/mol. The zero-order valence-corrected chi connectivity index (χ0v) is 63.6. The van der Waals surface area contributed by atoms with E-state index in [2.05, 4.69) is 36.7 Å². The maximum atomic E-state index is 12.5. The first kappa shape index (κ1) is 96.5. The molecule has 0 aromatic heterocycles. The fourth-order valence-electron chi connectivity index (χ4n) is 10.9. The number of esters is 4. The van der Waals surface area contributed by atoms with Crippen LogP contribution in [0.1, 0.15) is 374 Å². The number of phosphoric acid groups is 2. The normalized spacial score (nSPS) is 13.9. The van der Waals surface area contributed by atoms with Crippen molar-refractivity contribution in [1.29, 1.82) is 0 Å². The van der Waals surface area contributed by atoms with E-state index in [0.717, 1.165) is 77.0 Å². The lowest BCUT2D eigenvalue weighted by Crippen LogP contribution is -2.34. The van der Waals surface area contributed by atoms with E-state index >= 15 is 0 Å². The molecule has 0 radical (unpaired) electrons. The van der Waals surface area contributed by atoms with Crippen molar-refractivity contribution < 1.29 is 95.3 Å². The third kappa shape index (κ3) is 73.0. The van der Waals surface area contributed by atoms with Crippen LogP contribution in [-0.2, 0) is 70.1 Å². The molecule has 0 amide bonds. The topological polar surface area (TPSA) is 320 Å². The molecule has 0 aliphatic heterocycles. The Kier molecular flexibility index (Phi) is 71.5. The Morgan fingerprint density at radius 3 is 0.753 bits per heavy atom. The molecule has 0 rings (SSSR count). The molecule has 576 valence electrons. The molecule has 0 aliphatic carbocycles. The first-order valence-electron chi connectivity index (χ1n) is 39.1. The number of hydrogen-bond acceptors (Lipinski definition) is 18. The van der Waals surface area contributed by atoms with E-state index in [4.69, 9.17) is 43.9 Å². The highest BCUT2D eigenvalue weighted by molar-refractivity contribution is 7.47. The van der Waals surface area contributed by atoms with Gasteiger partial charge in [-0.1, -0.05) is 323 Å². The summed E-state index contributed by atoms with van der Waals surface area (Å²) in [5.74, 6) is -3.28. The molecule has 21 nitrogen and oxygen atoms in total. The van der Waals surface area contributed by atoms with Gasteiger partial charge in [-0.3, -0.25) is 42.1 Å². The zero-order chi connectivity index (χ0) is 72.0. The highest BCUT2D eigenvalue weighted by Gasteiger charge is 2.29. The van der Waals surface area contributed by atoms with Crippen LogP contribution in [0, 0.1) is 0 Å². The summed E-state index contributed by atoms with van der Waals surface area (Å²) in [5, 5.41) is 27.1. The van der Waals surface area contributed by atoms with Gasteiger partial charge in [0.05, 0.1) is 33.0 Å². The minimum Gasteiger partial charge on any atom is -0.480 e. The van der Waals surface area contributed by atoms with Crippen molar-refractivity contribution in [1.82, 2.24) is 0 Å². The summed E-state index contributed by atoms with van der Waals surface area (Å²) in [6, 6.07) is -1.51. The molecule has 6 atom stereocenters. The predicted octanol–water partition coefficient (Wildman–Crippen LogP) is 19.1. The summed E-state index contributed by atoms with van der Waals surface area (Å²) in [6.45, 7) is 5.18. The van der Waals surface area contributed by atoms with Crippen molar-refractivity contribution in [3.8, 4) is 0 Å². The maximum absolute atomic E-state index is 12.5. The molecule has 97 heavy (non-hydrogen) atoms. The van der Waals surface area contributed by atoms with Crippen LogP contribution >= 0.6 is 15.6 Å². The second kappa shape index (κ2) is 71.8. The number of hydrogen-bond donors (Lipinski definition) is 6. The number of carboxylic acids is 1. The number of rotatable bonds is 74. The first-order valence-corrected chi connectivity index (χ1v) is 42.0. The van der Waals surface area contributed by atoms with Crippen LogP contribution in [0.25, 0.3) is 0 Å². The molecule has 0 aliphatic rings. The molecule has 0 fully saturated rings. The number of carbonyl (C=O) groups excluding carboxylic acids is 4. The van der Waals surface area contributed by atoms with Crippen molar-refractivity contribution in [2.45, 2.75) is 399 Å². The summed E-state index contributed by atoms with van der Waals surface area (Å²) in [4.78, 5) is 80.5. The van der Waals surface area contributed by atoms with E-state index in [1.165, 1.54) is 218 Å². The molecule has 4 unspecified atom stereocenters. The number of carbonyl (C=O) groups is 5. The minimum absolute atomic E-state index is 0.168.